The summed E-state index contributed by atoms with van der Waals surface area (Å²) in [6.45, 7) is 4.27. The van der Waals surface area contributed by atoms with E-state index in [1.165, 1.54) is 40.4 Å². The molecule has 2 aromatic heterocycles. The minimum absolute atomic E-state index is 0.0581. The maximum Gasteiger partial charge on any atom is 0.258 e. The second-order valence-electron chi connectivity index (χ2n) is 8.13. The molecule has 166 valence electrons. The van der Waals surface area contributed by atoms with Gasteiger partial charge in [-0.3, -0.25) is 14.3 Å². The summed E-state index contributed by atoms with van der Waals surface area (Å²) < 4.78 is 1.54. The van der Waals surface area contributed by atoms with Gasteiger partial charge in [-0.25, -0.2) is 4.98 Å². The number of anilines is 1. The van der Waals surface area contributed by atoms with Crippen molar-refractivity contribution in [2.24, 2.45) is 0 Å². The lowest BCUT2D eigenvalue weighted by molar-refractivity contribution is -0.122. The van der Waals surface area contributed by atoms with Gasteiger partial charge in [-0.15, -0.1) is 0 Å². The summed E-state index contributed by atoms with van der Waals surface area (Å²) in [4.78, 5) is 30.6. The molecule has 4 rings (SSSR count). The Morgan fingerprint density at radius 3 is 2.75 bits per heavy atom. The van der Waals surface area contributed by atoms with Crippen molar-refractivity contribution < 1.29 is 9.59 Å². The third kappa shape index (κ3) is 5.56. The van der Waals surface area contributed by atoms with Gasteiger partial charge in [0.1, 0.15) is 11.6 Å². The third-order valence-electron chi connectivity index (χ3n) is 5.63. The lowest BCUT2D eigenvalue weighted by atomic mass is 10.1. The predicted molar refractivity (Wildman–Crippen MR) is 125 cm³/mol. The summed E-state index contributed by atoms with van der Waals surface area (Å²) in [7, 11) is 0. The summed E-state index contributed by atoms with van der Waals surface area (Å²) >= 11 is 1.46. The number of rotatable bonds is 7. The van der Waals surface area contributed by atoms with E-state index in [4.69, 9.17) is 0 Å². The molecule has 0 saturated heterocycles. The molecule has 8 heteroatoms. The Bertz CT molecular complexity index is 1120. The van der Waals surface area contributed by atoms with Crippen LogP contribution in [0, 0.1) is 13.8 Å². The first-order valence-corrected chi connectivity index (χ1v) is 11.6. The van der Waals surface area contributed by atoms with E-state index in [0.29, 0.717) is 16.3 Å². The summed E-state index contributed by atoms with van der Waals surface area (Å²) in [5.41, 5.74) is 3.45. The van der Waals surface area contributed by atoms with Crippen molar-refractivity contribution in [2.45, 2.75) is 62.0 Å². The fraction of sp³-hybridized carbons (Fsp3) is 0.333. The third-order valence-corrected chi connectivity index (χ3v) is 6.63. The Morgan fingerprint density at radius 1 is 1.16 bits per heavy atom. The highest BCUT2D eigenvalue weighted by Gasteiger charge is 2.18. The van der Waals surface area contributed by atoms with Crippen LogP contribution in [-0.4, -0.2) is 32.6 Å². The number of aromatic nitrogens is 3. The monoisotopic (exact) mass is 449 g/mol. The van der Waals surface area contributed by atoms with Crippen molar-refractivity contribution in [2.75, 3.05) is 5.32 Å². The molecule has 1 aromatic carbocycles. The number of nitrogens with zero attached hydrogens (tertiary/aromatic N) is 3. The number of benzene rings is 1. The van der Waals surface area contributed by atoms with Gasteiger partial charge < -0.3 is 10.6 Å². The van der Waals surface area contributed by atoms with Crippen LogP contribution < -0.4 is 10.6 Å². The molecule has 0 spiro atoms. The number of carbonyl (C=O) groups is 2. The maximum atomic E-state index is 12.9. The van der Waals surface area contributed by atoms with Crippen LogP contribution in [0.25, 0.3) is 0 Å². The van der Waals surface area contributed by atoms with Crippen LogP contribution in [0.15, 0.2) is 58.8 Å². The number of aryl methyl sites for hydroxylation is 2. The Labute approximate surface area is 192 Å². The SMILES string of the molecule is Cc1ccc(Sc2ncccc2C(=O)Nc2cnn(CC(=O)NC3CCCC3)c2)cc1C. The molecule has 0 bridgehead atoms. The molecule has 0 unspecified atom stereocenters. The fourth-order valence-corrected chi connectivity index (χ4v) is 4.72. The molecule has 2 amide bonds. The van der Waals surface area contributed by atoms with E-state index in [-0.39, 0.29) is 24.4 Å². The Hall–Kier alpha value is -3.13. The van der Waals surface area contributed by atoms with Gasteiger partial charge in [0.15, 0.2) is 0 Å². The standard InChI is InChI=1S/C24H27N5O2S/c1-16-9-10-20(12-17(16)2)32-24-21(8-5-11-25-24)23(31)28-19-13-26-29(14-19)15-22(30)27-18-6-3-4-7-18/h5,8-14,18H,3-4,6-7,15H2,1-2H3,(H,27,30)(H,28,31). The van der Waals surface area contributed by atoms with Crippen LogP contribution >= 0.6 is 11.8 Å². The van der Waals surface area contributed by atoms with Crippen molar-refractivity contribution in [1.29, 1.82) is 0 Å². The van der Waals surface area contributed by atoms with Gasteiger partial charge in [0.2, 0.25) is 5.91 Å². The number of hydrogen-bond donors (Lipinski definition) is 2. The second-order valence-corrected chi connectivity index (χ2v) is 9.20. The first kappa shape index (κ1) is 22.1. The van der Waals surface area contributed by atoms with Crippen molar-refractivity contribution in [1.82, 2.24) is 20.1 Å². The van der Waals surface area contributed by atoms with Crippen molar-refractivity contribution in [3.8, 4) is 0 Å². The topological polar surface area (TPSA) is 88.9 Å². The maximum absolute atomic E-state index is 12.9. The predicted octanol–water partition coefficient (Wildman–Crippen LogP) is 4.36. The molecule has 32 heavy (non-hydrogen) atoms. The van der Waals surface area contributed by atoms with Gasteiger partial charge in [0.05, 0.1) is 17.4 Å². The van der Waals surface area contributed by atoms with Gasteiger partial charge in [-0.05, 0) is 62.1 Å². The highest BCUT2D eigenvalue weighted by Crippen LogP contribution is 2.30. The highest BCUT2D eigenvalue weighted by molar-refractivity contribution is 7.99. The molecule has 1 aliphatic rings. The molecule has 2 heterocycles. The smallest absolute Gasteiger partial charge is 0.258 e. The molecule has 1 aliphatic carbocycles. The Kier molecular flexibility index (Phi) is 6.90. The molecule has 0 atom stereocenters. The van der Waals surface area contributed by atoms with Crippen LogP contribution in [0.2, 0.25) is 0 Å². The number of amides is 2. The van der Waals surface area contributed by atoms with E-state index in [1.807, 2.05) is 6.07 Å². The van der Waals surface area contributed by atoms with Crippen molar-refractivity contribution >= 4 is 29.3 Å². The fourth-order valence-electron chi connectivity index (χ4n) is 3.74. The lowest BCUT2D eigenvalue weighted by Gasteiger charge is -2.11. The molecule has 1 saturated carbocycles. The molecule has 3 aromatic rings. The second kappa shape index (κ2) is 9.99. The zero-order valence-corrected chi connectivity index (χ0v) is 19.1. The zero-order valence-electron chi connectivity index (χ0n) is 18.3. The molecule has 1 fully saturated rings. The van der Waals surface area contributed by atoms with Gasteiger partial charge >= 0.3 is 0 Å². The van der Waals surface area contributed by atoms with Crippen LogP contribution in [0.5, 0.6) is 0 Å². The molecular formula is C24H27N5O2S. The van der Waals surface area contributed by atoms with Crippen LogP contribution in [0.4, 0.5) is 5.69 Å². The number of nitrogens with one attached hydrogen (secondary N) is 2. The summed E-state index contributed by atoms with van der Waals surface area (Å²) in [6, 6.07) is 9.97. The minimum atomic E-state index is -0.264. The van der Waals surface area contributed by atoms with Crippen LogP contribution in [-0.2, 0) is 11.3 Å². The Balaban J connectivity index is 1.40. The normalized spacial score (nSPS) is 13.8. The van der Waals surface area contributed by atoms with E-state index >= 15 is 0 Å². The van der Waals surface area contributed by atoms with Gasteiger partial charge in [0, 0.05) is 23.3 Å². The van der Waals surface area contributed by atoms with E-state index in [1.54, 1.807) is 30.7 Å². The number of pyridine rings is 1. The van der Waals surface area contributed by atoms with E-state index in [0.717, 1.165) is 17.7 Å². The number of hydrogen-bond acceptors (Lipinski definition) is 5. The van der Waals surface area contributed by atoms with Crippen LogP contribution in [0.3, 0.4) is 0 Å². The quantitative estimate of drug-likeness (QED) is 0.560. The molecule has 2 N–H and O–H groups in total. The molecular weight excluding hydrogens is 422 g/mol. The van der Waals surface area contributed by atoms with Gasteiger partial charge in [-0.1, -0.05) is 30.7 Å². The molecule has 7 nitrogen and oxygen atoms in total. The van der Waals surface area contributed by atoms with Crippen molar-refractivity contribution in [3.05, 3.63) is 65.6 Å². The highest BCUT2D eigenvalue weighted by atomic mass is 32.2. The van der Waals surface area contributed by atoms with Crippen LogP contribution in [0.1, 0.15) is 47.2 Å². The first-order chi connectivity index (χ1) is 15.5. The lowest BCUT2D eigenvalue weighted by Crippen LogP contribution is -2.35. The largest absolute Gasteiger partial charge is 0.352 e. The van der Waals surface area contributed by atoms with Crippen molar-refractivity contribution in [3.63, 3.8) is 0 Å². The Morgan fingerprint density at radius 2 is 1.97 bits per heavy atom. The summed E-state index contributed by atoms with van der Waals surface area (Å²) in [6.07, 6.45) is 9.31. The average molecular weight is 450 g/mol. The minimum Gasteiger partial charge on any atom is -0.352 e. The van der Waals surface area contributed by atoms with E-state index in [2.05, 4.69) is 46.7 Å². The molecule has 0 radical (unpaired) electrons. The van der Waals surface area contributed by atoms with E-state index in [9.17, 15) is 9.59 Å². The summed E-state index contributed by atoms with van der Waals surface area (Å²) in [5.74, 6) is -0.323. The summed E-state index contributed by atoms with van der Waals surface area (Å²) in [5, 5.41) is 10.7. The number of carbonyl (C=O) groups excluding carboxylic acids is 2. The molecule has 0 aliphatic heterocycles. The zero-order chi connectivity index (χ0) is 22.5. The first-order valence-electron chi connectivity index (χ1n) is 10.8. The van der Waals surface area contributed by atoms with Gasteiger partial charge in [0.25, 0.3) is 5.91 Å². The van der Waals surface area contributed by atoms with Gasteiger partial charge in [-0.2, -0.15) is 5.10 Å². The van der Waals surface area contributed by atoms with E-state index < -0.39 is 0 Å². The average Bonchev–Trinajstić information content (AvgIpc) is 3.43.